The predicted octanol–water partition coefficient (Wildman–Crippen LogP) is 2.67. The fraction of sp³-hybridized carbons (Fsp3) is 0.579. The molecule has 2 heterocycles. The van der Waals surface area contributed by atoms with E-state index >= 15 is 0 Å². The van der Waals surface area contributed by atoms with Crippen LogP contribution in [0.1, 0.15) is 43.6 Å². The quantitative estimate of drug-likeness (QED) is 0.688. The molecule has 1 amide bonds. The zero-order chi connectivity index (χ0) is 18.5. The number of aliphatic hydroxyl groups is 2. The highest BCUT2D eigenvalue weighted by molar-refractivity contribution is 7.13. The van der Waals surface area contributed by atoms with Crippen LogP contribution in [0.4, 0.5) is 0 Å². The molecule has 2 atom stereocenters. The number of aryl methyl sites for hydroxylation is 1. The average molecular weight is 378 g/mol. The van der Waals surface area contributed by atoms with Crippen LogP contribution in [-0.2, 0) is 11.2 Å². The second-order valence-corrected chi connectivity index (χ2v) is 7.87. The Kier molecular flexibility index (Phi) is 6.45. The first-order valence-corrected chi connectivity index (χ1v) is 10.0. The van der Waals surface area contributed by atoms with Crippen LogP contribution < -0.4 is 5.32 Å². The van der Waals surface area contributed by atoms with E-state index in [0.717, 1.165) is 30.6 Å². The summed E-state index contributed by atoms with van der Waals surface area (Å²) in [6, 6.07) is 3.20. The number of carbonyl (C=O) groups is 1. The van der Waals surface area contributed by atoms with E-state index in [1.165, 1.54) is 17.8 Å². The summed E-state index contributed by atoms with van der Waals surface area (Å²) in [5, 5.41) is 24.9. The van der Waals surface area contributed by atoms with Gasteiger partial charge in [-0.25, -0.2) is 4.98 Å². The van der Waals surface area contributed by atoms with Crippen molar-refractivity contribution in [1.82, 2.24) is 10.3 Å². The van der Waals surface area contributed by atoms with E-state index in [1.54, 1.807) is 6.92 Å². The molecule has 2 unspecified atom stereocenters. The third-order valence-corrected chi connectivity index (χ3v) is 5.90. The molecule has 142 valence electrons. The Bertz CT molecular complexity index is 707. The Morgan fingerprint density at radius 2 is 2.19 bits per heavy atom. The maximum absolute atomic E-state index is 12.4. The standard InChI is InChI=1S/C19H26N2O4S/c1-12-14(21-19(25-12)16-8-5-9-26-16)10-17(23)20-15(11-22)18(24)13-6-3-2-4-7-13/h5,8-9,13,15,18,22,24H,2-4,6-7,10-11H2,1H3,(H,20,23). The van der Waals surface area contributed by atoms with Gasteiger partial charge in [0.25, 0.3) is 0 Å². The molecule has 1 saturated carbocycles. The van der Waals surface area contributed by atoms with Crippen LogP contribution in [0.3, 0.4) is 0 Å². The van der Waals surface area contributed by atoms with Crippen LogP contribution in [0.2, 0.25) is 0 Å². The molecule has 0 aliphatic heterocycles. The van der Waals surface area contributed by atoms with Gasteiger partial charge in [-0.15, -0.1) is 11.3 Å². The van der Waals surface area contributed by atoms with E-state index in [9.17, 15) is 15.0 Å². The molecule has 3 rings (SSSR count). The lowest BCUT2D eigenvalue weighted by Gasteiger charge is -2.31. The predicted molar refractivity (Wildman–Crippen MR) is 99.9 cm³/mol. The van der Waals surface area contributed by atoms with Crippen LogP contribution in [0.25, 0.3) is 10.8 Å². The van der Waals surface area contributed by atoms with Gasteiger partial charge in [-0.3, -0.25) is 4.79 Å². The molecule has 7 heteroatoms. The van der Waals surface area contributed by atoms with E-state index in [0.29, 0.717) is 17.3 Å². The molecule has 0 bridgehead atoms. The number of hydrogen-bond donors (Lipinski definition) is 3. The molecule has 2 aromatic heterocycles. The first-order chi connectivity index (χ1) is 12.6. The molecule has 1 fully saturated rings. The molecule has 6 nitrogen and oxygen atoms in total. The number of hydrogen-bond acceptors (Lipinski definition) is 6. The third kappa shape index (κ3) is 4.52. The molecule has 0 saturated heterocycles. The second-order valence-electron chi connectivity index (χ2n) is 6.92. The first-order valence-electron chi connectivity index (χ1n) is 9.17. The van der Waals surface area contributed by atoms with Gasteiger partial charge in [0.05, 0.1) is 35.7 Å². The molecule has 1 aliphatic carbocycles. The van der Waals surface area contributed by atoms with Crippen LogP contribution in [-0.4, -0.2) is 39.9 Å². The molecule has 26 heavy (non-hydrogen) atoms. The molecule has 3 N–H and O–H groups in total. The number of oxazole rings is 1. The Morgan fingerprint density at radius 1 is 1.42 bits per heavy atom. The first kappa shape index (κ1) is 19.1. The lowest BCUT2D eigenvalue weighted by Crippen LogP contribution is -2.49. The minimum absolute atomic E-state index is 0.0641. The maximum Gasteiger partial charge on any atom is 0.236 e. The smallest absolute Gasteiger partial charge is 0.236 e. The van der Waals surface area contributed by atoms with Crippen molar-refractivity contribution < 1.29 is 19.4 Å². The van der Waals surface area contributed by atoms with Crippen LogP contribution in [0, 0.1) is 12.8 Å². The van der Waals surface area contributed by atoms with Gasteiger partial charge >= 0.3 is 0 Å². The zero-order valence-corrected chi connectivity index (χ0v) is 15.8. The Balaban J connectivity index is 1.60. The summed E-state index contributed by atoms with van der Waals surface area (Å²) >= 11 is 1.53. The number of rotatable bonds is 7. The highest BCUT2D eigenvalue weighted by Gasteiger charge is 2.30. The molecular formula is C19H26N2O4S. The van der Waals surface area contributed by atoms with Crippen molar-refractivity contribution in [3.05, 3.63) is 29.0 Å². The summed E-state index contributed by atoms with van der Waals surface area (Å²) < 4.78 is 5.65. The number of nitrogens with one attached hydrogen (secondary N) is 1. The molecule has 0 radical (unpaired) electrons. The molecule has 0 aromatic carbocycles. The van der Waals surface area contributed by atoms with Crippen molar-refractivity contribution in [2.75, 3.05) is 6.61 Å². The number of aromatic nitrogens is 1. The van der Waals surface area contributed by atoms with Crippen molar-refractivity contribution in [3.8, 4) is 10.8 Å². The summed E-state index contributed by atoms with van der Waals surface area (Å²) in [5.74, 6) is 0.992. The van der Waals surface area contributed by atoms with Crippen molar-refractivity contribution in [2.24, 2.45) is 5.92 Å². The van der Waals surface area contributed by atoms with E-state index in [2.05, 4.69) is 10.3 Å². The average Bonchev–Trinajstić information content (AvgIpc) is 3.30. The van der Waals surface area contributed by atoms with Gasteiger partial charge in [-0.1, -0.05) is 25.3 Å². The molecule has 0 spiro atoms. The molecular weight excluding hydrogens is 352 g/mol. The molecule has 1 aliphatic rings. The number of nitrogens with zero attached hydrogens (tertiary/aromatic N) is 1. The summed E-state index contributed by atoms with van der Waals surface area (Å²) in [7, 11) is 0. The van der Waals surface area contributed by atoms with Gasteiger partial charge < -0.3 is 19.9 Å². The van der Waals surface area contributed by atoms with E-state index < -0.39 is 12.1 Å². The van der Waals surface area contributed by atoms with Crippen molar-refractivity contribution in [1.29, 1.82) is 0 Å². The normalized spacial score (nSPS) is 17.8. The second kappa shape index (κ2) is 8.79. The van der Waals surface area contributed by atoms with Gasteiger partial charge in [0.15, 0.2) is 0 Å². The summed E-state index contributed by atoms with van der Waals surface area (Å²) in [6.07, 6.45) is 4.62. The van der Waals surface area contributed by atoms with Gasteiger partial charge in [0.1, 0.15) is 5.76 Å². The Hall–Kier alpha value is -1.70. The minimum atomic E-state index is -0.718. The van der Waals surface area contributed by atoms with Gasteiger partial charge in [-0.2, -0.15) is 0 Å². The summed E-state index contributed by atoms with van der Waals surface area (Å²) in [6.45, 7) is 1.51. The third-order valence-electron chi connectivity index (χ3n) is 5.04. The van der Waals surface area contributed by atoms with Gasteiger partial charge in [-0.05, 0) is 37.1 Å². The van der Waals surface area contributed by atoms with Crippen LogP contribution in [0.15, 0.2) is 21.9 Å². The number of carbonyl (C=O) groups excluding carboxylic acids is 1. The maximum atomic E-state index is 12.4. The minimum Gasteiger partial charge on any atom is -0.440 e. The monoisotopic (exact) mass is 378 g/mol. The largest absolute Gasteiger partial charge is 0.440 e. The number of aliphatic hydroxyl groups excluding tert-OH is 2. The SMILES string of the molecule is Cc1oc(-c2cccs2)nc1CC(=O)NC(CO)C(O)C1CCCCC1. The van der Waals surface area contributed by atoms with Crippen molar-refractivity contribution in [3.63, 3.8) is 0 Å². The van der Waals surface area contributed by atoms with Crippen LogP contribution in [0.5, 0.6) is 0 Å². The Labute approximate surface area is 157 Å². The number of thiophene rings is 1. The van der Waals surface area contributed by atoms with E-state index in [1.807, 2.05) is 17.5 Å². The number of amides is 1. The van der Waals surface area contributed by atoms with E-state index in [4.69, 9.17) is 4.42 Å². The van der Waals surface area contributed by atoms with E-state index in [-0.39, 0.29) is 24.9 Å². The van der Waals surface area contributed by atoms with Crippen LogP contribution >= 0.6 is 11.3 Å². The summed E-state index contributed by atoms with van der Waals surface area (Å²) in [4.78, 5) is 17.7. The van der Waals surface area contributed by atoms with Crippen molar-refractivity contribution >= 4 is 17.2 Å². The lowest BCUT2D eigenvalue weighted by molar-refractivity contribution is -0.123. The highest BCUT2D eigenvalue weighted by atomic mass is 32.1. The highest BCUT2D eigenvalue weighted by Crippen LogP contribution is 2.28. The fourth-order valence-electron chi connectivity index (χ4n) is 3.55. The summed E-state index contributed by atoms with van der Waals surface area (Å²) in [5.41, 5.74) is 0.578. The lowest BCUT2D eigenvalue weighted by atomic mass is 9.82. The van der Waals surface area contributed by atoms with Gasteiger partial charge in [0, 0.05) is 0 Å². The fourth-order valence-corrected chi connectivity index (χ4v) is 4.20. The molecule has 2 aromatic rings. The Morgan fingerprint density at radius 3 is 2.85 bits per heavy atom. The van der Waals surface area contributed by atoms with Gasteiger partial charge in [0.2, 0.25) is 11.8 Å². The topological polar surface area (TPSA) is 95.6 Å². The van der Waals surface area contributed by atoms with Crippen molar-refractivity contribution in [2.45, 2.75) is 57.6 Å². The zero-order valence-electron chi connectivity index (χ0n) is 15.0.